The van der Waals surface area contributed by atoms with Crippen LogP contribution in [0.15, 0.2) is 24.3 Å². The SMILES string of the molecule is COC(=O)NC(=O)[C@@H](C)N1CCN(Cc2cccc(C)c2)CC1. The maximum absolute atomic E-state index is 12.0. The van der Waals surface area contributed by atoms with Crippen LogP contribution in [-0.4, -0.2) is 61.1 Å². The van der Waals surface area contributed by atoms with E-state index in [1.54, 1.807) is 0 Å². The van der Waals surface area contributed by atoms with Crippen molar-refractivity contribution in [3.8, 4) is 0 Å². The standard InChI is InChI=1S/C17H25N3O3/c1-13-5-4-6-15(11-13)12-19-7-9-20(10-8-19)14(2)16(21)18-17(22)23-3/h4-6,11,14H,7-10,12H2,1-3H3,(H,18,21,22)/t14-/m1/s1. The van der Waals surface area contributed by atoms with Crippen LogP contribution >= 0.6 is 0 Å². The molecule has 0 radical (unpaired) electrons. The molecule has 1 heterocycles. The third-order valence-corrected chi connectivity index (χ3v) is 4.23. The van der Waals surface area contributed by atoms with Crippen molar-refractivity contribution in [1.29, 1.82) is 0 Å². The summed E-state index contributed by atoms with van der Waals surface area (Å²) in [6.07, 6.45) is -0.708. The number of imide groups is 1. The van der Waals surface area contributed by atoms with Gasteiger partial charge in [0, 0.05) is 32.7 Å². The molecule has 1 aliphatic heterocycles. The number of nitrogens with zero attached hydrogens (tertiary/aromatic N) is 2. The lowest BCUT2D eigenvalue weighted by molar-refractivity contribution is -0.125. The molecule has 0 bridgehead atoms. The average molecular weight is 319 g/mol. The zero-order valence-electron chi connectivity index (χ0n) is 14.0. The molecule has 2 amide bonds. The van der Waals surface area contributed by atoms with Crippen molar-refractivity contribution in [2.45, 2.75) is 26.4 Å². The highest BCUT2D eigenvalue weighted by Gasteiger charge is 2.26. The summed E-state index contributed by atoms with van der Waals surface area (Å²) >= 11 is 0. The Balaban J connectivity index is 1.81. The molecule has 0 aromatic heterocycles. The minimum absolute atomic E-state index is 0.316. The first kappa shape index (κ1) is 17.4. The number of amides is 2. The number of piperazine rings is 1. The maximum atomic E-state index is 12.0. The van der Waals surface area contributed by atoms with E-state index in [9.17, 15) is 9.59 Å². The first-order valence-electron chi connectivity index (χ1n) is 7.90. The molecule has 1 N–H and O–H groups in total. The van der Waals surface area contributed by atoms with Gasteiger partial charge in [-0.3, -0.25) is 19.9 Å². The molecule has 1 aliphatic rings. The summed E-state index contributed by atoms with van der Waals surface area (Å²) in [5.74, 6) is -0.316. The van der Waals surface area contributed by atoms with E-state index in [1.165, 1.54) is 18.2 Å². The number of nitrogens with one attached hydrogen (secondary N) is 1. The predicted molar refractivity (Wildman–Crippen MR) is 88.0 cm³/mol. The Bertz CT molecular complexity index is 554. The zero-order valence-corrected chi connectivity index (χ0v) is 14.0. The molecule has 1 fully saturated rings. The number of ether oxygens (including phenoxy) is 1. The predicted octanol–water partition coefficient (Wildman–Crippen LogP) is 1.38. The van der Waals surface area contributed by atoms with Crippen molar-refractivity contribution in [3.05, 3.63) is 35.4 Å². The third-order valence-electron chi connectivity index (χ3n) is 4.23. The summed E-state index contributed by atoms with van der Waals surface area (Å²) < 4.78 is 4.45. The van der Waals surface area contributed by atoms with Gasteiger partial charge in [-0.15, -0.1) is 0 Å². The normalized spacial score (nSPS) is 17.5. The molecule has 2 rings (SSSR count). The Labute approximate surface area is 137 Å². The molecule has 0 aliphatic carbocycles. The van der Waals surface area contributed by atoms with Crippen LogP contribution in [0.1, 0.15) is 18.1 Å². The summed E-state index contributed by atoms with van der Waals surface area (Å²) in [5.41, 5.74) is 2.59. The molecule has 0 saturated carbocycles. The van der Waals surface area contributed by atoms with Crippen LogP contribution < -0.4 is 5.32 Å². The molecule has 23 heavy (non-hydrogen) atoms. The molecule has 6 nitrogen and oxygen atoms in total. The van der Waals surface area contributed by atoms with E-state index in [-0.39, 0.29) is 11.9 Å². The van der Waals surface area contributed by atoms with Crippen molar-refractivity contribution in [2.24, 2.45) is 0 Å². The fraction of sp³-hybridized carbons (Fsp3) is 0.529. The van der Waals surface area contributed by atoms with Crippen LogP contribution in [0.5, 0.6) is 0 Å². The molecule has 126 valence electrons. The number of carbonyl (C=O) groups is 2. The van der Waals surface area contributed by atoms with E-state index in [0.717, 1.165) is 32.7 Å². The number of hydrogen-bond acceptors (Lipinski definition) is 5. The van der Waals surface area contributed by atoms with E-state index < -0.39 is 6.09 Å². The monoisotopic (exact) mass is 319 g/mol. The molecule has 0 unspecified atom stereocenters. The largest absolute Gasteiger partial charge is 0.453 e. The molecule has 1 atom stereocenters. The van der Waals surface area contributed by atoms with Gasteiger partial charge < -0.3 is 4.74 Å². The lowest BCUT2D eigenvalue weighted by Crippen LogP contribution is -2.54. The number of hydrogen-bond donors (Lipinski definition) is 1. The fourth-order valence-corrected chi connectivity index (χ4v) is 2.80. The van der Waals surface area contributed by atoms with E-state index in [2.05, 4.69) is 51.0 Å². The Morgan fingerprint density at radius 1 is 1.26 bits per heavy atom. The first-order valence-corrected chi connectivity index (χ1v) is 7.90. The lowest BCUT2D eigenvalue weighted by Gasteiger charge is -2.37. The Hall–Kier alpha value is -1.92. The molecular formula is C17H25N3O3. The smallest absolute Gasteiger partial charge is 0.413 e. The highest BCUT2D eigenvalue weighted by atomic mass is 16.5. The summed E-state index contributed by atoms with van der Waals surface area (Å²) in [5, 5.41) is 2.23. The van der Waals surface area contributed by atoms with Crippen LogP contribution in [0.3, 0.4) is 0 Å². The lowest BCUT2D eigenvalue weighted by atomic mass is 10.1. The van der Waals surface area contributed by atoms with Crippen molar-refractivity contribution < 1.29 is 14.3 Å². The molecule has 1 aromatic rings. The molecule has 6 heteroatoms. The second kappa shape index (κ2) is 8.08. The van der Waals surface area contributed by atoms with Crippen LogP contribution in [0.2, 0.25) is 0 Å². The number of benzene rings is 1. The average Bonchev–Trinajstić information content (AvgIpc) is 2.54. The van der Waals surface area contributed by atoms with Gasteiger partial charge in [-0.25, -0.2) is 4.79 Å². The van der Waals surface area contributed by atoms with Gasteiger partial charge in [0.2, 0.25) is 5.91 Å². The second-order valence-electron chi connectivity index (χ2n) is 5.96. The van der Waals surface area contributed by atoms with E-state index in [0.29, 0.717) is 0 Å². The summed E-state index contributed by atoms with van der Waals surface area (Å²) in [7, 11) is 1.25. The summed E-state index contributed by atoms with van der Waals surface area (Å²) in [6.45, 7) is 8.27. The molecule has 1 saturated heterocycles. The van der Waals surface area contributed by atoms with Crippen LogP contribution in [0, 0.1) is 6.92 Å². The van der Waals surface area contributed by atoms with E-state index in [4.69, 9.17) is 0 Å². The van der Waals surface area contributed by atoms with Gasteiger partial charge in [0.1, 0.15) is 0 Å². The number of carbonyl (C=O) groups excluding carboxylic acids is 2. The Morgan fingerprint density at radius 2 is 1.96 bits per heavy atom. The highest BCUT2D eigenvalue weighted by molar-refractivity contribution is 5.94. The number of alkyl carbamates (subject to hydrolysis) is 1. The molecule has 1 aromatic carbocycles. The molecule has 0 spiro atoms. The third kappa shape index (κ3) is 5.04. The van der Waals surface area contributed by atoms with Crippen LogP contribution in [0.4, 0.5) is 4.79 Å². The highest BCUT2D eigenvalue weighted by Crippen LogP contribution is 2.12. The summed E-state index contributed by atoms with van der Waals surface area (Å²) in [6, 6.07) is 8.20. The van der Waals surface area contributed by atoms with Gasteiger partial charge in [-0.05, 0) is 19.4 Å². The first-order chi connectivity index (χ1) is 11.0. The summed E-state index contributed by atoms with van der Waals surface area (Å²) in [4.78, 5) is 27.5. The number of aryl methyl sites for hydroxylation is 1. The Kier molecular flexibility index (Phi) is 6.12. The van der Waals surface area contributed by atoms with Gasteiger partial charge >= 0.3 is 6.09 Å². The van der Waals surface area contributed by atoms with Gasteiger partial charge in [0.05, 0.1) is 13.2 Å². The van der Waals surface area contributed by atoms with Crippen molar-refractivity contribution in [2.75, 3.05) is 33.3 Å². The van der Waals surface area contributed by atoms with Gasteiger partial charge in [-0.1, -0.05) is 29.8 Å². The minimum atomic E-state index is -0.708. The van der Waals surface area contributed by atoms with Crippen LogP contribution in [-0.2, 0) is 16.1 Å². The number of rotatable bonds is 4. The fourth-order valence-electron chi connectivity index (χ4n) is 2.80. The van der Waals surface area contributed by atoms with Crippen molar-refractivity contribution in [3.63, 3.8) is 0 Å². The quantitative estimate of drug-likeness (QED) is 0.908. The number of methoxy groups -OCH3 is 1. The Morgan fingerprint density at radius 3 is 2.57 bits per heavy atom. The topological polar surface area (TPSA) is 61.9 Å². The van der Waals surface area contributed by atoms with E-state index in [1.807, 2.05) is 6.92 Å². The van der Waals surface area contributed by atoms with Crippen molar-refractivity contribution >= 4 is 12.0 Å². The molecular weight excluding hydrogens is 294 g/mol. The van der Waals surface area contributed by atoms with Gasteiger partial charge in [-0.2, -0.15) is 0 Å². The second-order valence-corrected chi connectivity index (χ2v) is 5.96. The van der Waals surface area contributed by atoms with Gasteiger partial charge in [0.25, 0.3) is 0 Å². The minimum Gasteiger partial charge on any atom is -0.453 e. The van der Waals surface area contributed by atoms with E-state index >= 15 is 0 Å². The van der Waals surface area contributed by atoms with Crippen molar-refractivity contribution in [1.82, 2.24) is 15.1 Å². The van der Waals surface area contributed by atoms with Gasteiger partial charge in [0.15, 0.2) is 0 Å². The zero-order chi connectivity index (χ0) is 16.8. The maximum Gasteiger partial charge on any atom is 0.413 e. The van der Waals surface area contributed by atoms with Crippen LogP contribution in [0.25, 0.3) is 0 Å².